The molecule has 0 spiro atoms. The Bertz CT molecular complexity index is 1140. The van der Waals surface area contributed by atoms with Gasteiger partial charge in [-0.25, -0.2) is 9.59 Å². The lowest BCUT2D eigenvalue weighted by atomic mass is 9.90. The van der Waals surface area contributed by atoms with Crippen LogP contribution in [0.25, 0.3) is 0 Å². The molecule has 2 atom stereocenters. The smallest absolute Gasteiger partial charge is 0.416 e. The molecule has 0 bridgehead atoms. The highest BCUT2D eigenvalue weighted by Gasteiger charge is 2.41. The molecule has 1 aliphatic rings. The Kier molecular flexibility index (Phi) is 8.21. The van der Waals surface area contributed by atoms with E-state index in [-0.39, 0.29) is 24.1 Å². The first kappa shape index (κ1) is 28.4. The van der Waals surface area contributed by atoms with E-state index in [2.05, 4.69) is 0 Å². The maximum Gasteiger partial charge on any atom is 0.416 e. The number of carbonyl (C=O) groups is 2. The van der Waals surface area contributed by atoms with E-state index in [1.807, 2.05) is 0 Å². The van der Waals surface area contributed by atoms with Crippen molar-refractivity contribution in [3.63, 3.8) is 0 Å². The molecule has 6 nitrogen and oxygen atoms in total. The summed E-state index contributed by atoms with van der Waals surface area (Å²) in [4.78, 5) is 27.8. The second-order valence-corrected chi connectivity index (χ2v) is 8.82. The van der Waals surface area contributed by atoms with Gasteiger partial charge in [-0.3, -0.25) is 9.80 Å². The molecule has 202 valence electrons. The van der Waals surface area contributed by atoms with E-state index >= 15 is 0 Å². The number of hydrogen-bond acceptors (Lipinski definition) is 4. The topological polar surface area (TPSA) is 59.1 Å². The zero-order valence-electron chi connectivity index (χ0n) is 19.9. The van der Waals surface area contributed by atoms with E-state index in [0.717, 1.165) is 12.0 Å². The van der Waals surface area contributed by atoms with Crippen molar-refractivity contribution in [1.29, 1.82) is 0 Å². The molecule has 3 rings (SSSR count). The van der Waals surface area contributed by atoms with Gasteiger partial charge in [0.2, 0.25) is 0 Å². The summed E-state index contributed by atoms with van der Waals surface area (Å²) in [6.07, 6.45) is -11.7. The van der Waals surface area contributed by atoms with Gasteiger partial charge in [0.05, 0.1) is 36.6 Å². The van der Waals surface area contributed by atoms with Gasteiger partial charge in [0.25, 0.3) is 0 Å². The number of fused-ring (bicyclic) bond motifs is 1. The first-order chi connectivity index (χ1) is 17.2. The Morgan fingerprint density at radius 3 is 2.16 bits per heavy atom. The van der Waals surface area contributed by atoms with Crippen LogP contribution < -0.4 is 4.90 Å². The molecule has 2 amide bonds. The first-order valence-corrected chi connectivity index (χ1v) is 11.4. The largest absolute Gasteiger partial charge is 0.453 e. The lowest BCUT2D eigenvalue weighted by Crippen LogP contribution is -2.47. The molecule has 1 heterocycles. The number of ether oxygens (including phenoxy) is 2. The maximum atomic E-state index is 13.4. The molecule has 13 heteroatoms. The summed E-state index contributed by atoms with van der Waals surface area (Å²) in [5.74, 6) is 0. The highest BCUT2D eigenvalue weighted by molar-refractivity contribution is 6.31. The summed E-state index contributed by atoms with van der Waals surface area (Å²) in [5, 5.41) is 0.262. The number of anilines is 1. The molecule has 1 aliphatic heterocycles. The molecular formula is C24H23ClF6N2O4. The van der Waals surface area contributed by atoms with Crippen LogP contribution >= 0.6 is 11.6 Å². The number of amides is 2. The highest BCUT2D eigenvalue weighted by Crippen LogP contribution is 2.43. The number of carbonyl (C=O) groups excluding carboxylic acids is 2. The number of halogens is 7. The number of benzene rings is 2. The summed E-state index contributed by atoms with van der Waals surface area (Å²) < 4.78 is 90.3. The minimum atomic E-state index is -5.05. The minimum absolute atomic E-state index is 0.0170. The third kappa shape index (κ3) is 6.23. The molecular weight excluding hydrogens is 530 g/mol. The lowest BCUT2D eigenvalue weighted by Gasteiger charge is -2.42. The quantitative estimate of drug-likeness (QED) is 0.370. The Labute approximate surface area is 213 Å². The predicted molar refractivity (Wildman–Crippen MR) is 122 cm³/mol. The number of nitrogens with zero attached hydrogens (tertiary/aromatic N) is 2. The third-order valence-electron chi connectivity index (χ3n) is 5.87. The average Bonchev–Trinajstić information content (AvgIpc) is 2.80. The number of hydrogen-bond donors (Lipinski definition) is 0. The van der Waals surface area contributed by atoms with Crippen molar-refractivity contribution in [1.82, 2.24) is 4.90 Å². The van der Waals surface area contributed by atoms with Gasteiger partial charge in [-0.15, -0.1) is 0 Å². The van der Waals surface area contributed by atoms with Gasteiger partial charge in [-0.2, -0.15) is 26.3 Å². The molecule has 2 unspecified atom stereocenters. The molecule has 0 N–H and O–H groups in total. The van der Waals surface area contributed by atoms with Crippen molar-refractivity contribution >= 4 is 29.5 Å². The third-order valence-corrected chi connectivity index (χ3v) is 6.10. The van der Waals surface area contributed by atoms with Gasteiger partial charge in [-0.05, 0) is 61.7 Å². The van der Waals surface area contributed by atoms with Crippen molar-refractivity contribution in [3.05, 3.63) is 63.7 Å². The highest BCUT2D eigenvalue weighted by atomic mass is 35.5. The average molecular weight is 553 g/mol. The molecule has 2 aromatic rings. The molecule has 37 heavy (non-hydrogen) atoms. The van der Waals surface area contributed by atoms with Gasteiger partial charge in [0, 0.05) is 17.6 Å². The number of rotatable bonds is 4. The Morgan fingerprint density at radius 1 is 1.05 bits per heavy atom. The summed E-state index contributed by atoms with van der Waals surface area (Å²) in [7, 11) is 1.04. The monoisotopic (exact) mass is 552 g/mol. The van der Waals surface area contributed by atoms with E-state index in [1.165, 1.54) is 23.1 Å². The SMILES string of the molecule is CCOC(=O)N1c2cc(Cl)ccc2C(N(Cc2cc(C(F)(F)F)cc(C(F)(F)F)c2)C(=O)OC)CC1C. The second kappa shape index (κ2) is 10.7. The van der Waals surface area contributed by atoms with E-state index < -0.39 is 59.9 Å². The van der Waals surface area contributed by atoms with Gasteiger partial charge in [-0.1, -0.05) is 17.7 Å². The zero-order chi connectivity index (χ0) is 27.7. The minimum Gasteiger partial charge on any atom is -0.453 e. The van der Waals surface area contributed by atoms with Crippen LogP contribution in [0.1, 0.15) is 48.6 Å². The van der Waals surface area contributed by atoms with E-state index in [1.54, 1.807) is 13.8 Å². The van der Waals surface area contributed by atoms with Crippen molar-refractivity contribution in [2.45, 2.75) is 51.2 Å². The molecule has 0 aromatic heterocycles. The van der Waals surface area contributed by atoms with Crippen molar-refractivity contribution < 1.29 is 45.4 Å². The predicted octanol–water partition coefficient (Wildman–Crippen LogP) is 7.44. The normalized spacial score (nSPS) is 17.7. The standard InChI is InChI=1S/C24H23ClF6N2O4/c1-4-37-22(35)33-13(2)7-19(18-6-5-17(25)11-20(18)33)32(21(34)36-3)12-14-8-15(23(26,27)28)10-16(9-14)24(29,30)31/h5-6,8-11,13,19H,4,7,12H2,1-3H3. The van der Waals surface area contributed by atoms with Crippen LogP contribution in [0, 0.1) is 0 Å². The number of methoxy groups -OCH3 is 1. The summed E-state index contributed by atoms with van der Waals surface area (Å²) >= 11 is 6.14. The fourth-order valence-electron chi connectivity index (χ4n) is 4.29. The van der Waals surface area contributed by atoms with Crippen LogP contribution in [0.15, 0.2) is 36.4 Å². The molecule has 0 aliphatic carbocycles. The van der Waals surface area contributed by atoms with E-state index in [4.69, 9.17) is 21.1 Å². The van der Waals surface area contributed by atoms with Gasteiger partial charge in [0.15, 0.2) is 0 Å². The van der Waals surface area contributed by atoms with Crippen LogP contribution in [0.5, 0.6) is 0 Å². The van der Waals surface area contributed by atoms with E-state index in [0.29, 0.717) is 23.4 Å². The summed E-state index contributed by atoms with van der Waals surface area (Å²) in [5.41, 5.74) is -2.71. The van der Waals surface area contributed by atoms with Crippen LogP contribution in [-0.2, 0) is 28.4 Å². The van der Waals surface area contributed by atoms with E-state index in [9.17, 15) is 35.9 Å². The van der Waals surface area contributed by atoms with Gasteiger partial charge >= 0.3 is 24.5 Å². The lowest BCUT2D eigenvalue weighted by molar-refractivity contribution is -0.143. The first-order valence-electron chi connectivity index (χ1n) is 11.1. The van der Waals surface area contributed by atoms with Gasteiger partial charge < -0.3 is 9.47 Å². The van der Waals surface area contributed by atoms with Crippen LogP contribution in [0.4, 0.5) is 41.6 Å². The summed E-state index contributed by atoms with van der Waals surface area (Å²) in [6, 6.07) is 4.19. The fourth-order valence-corrected chi connectivity index (χ4v) is 4.46. The Morgan fingerprint density at radius 2 is 1.65 bits per heavy atom. The molecule has 0 saturated heterocycles. The Balaban J connectivity index is 2.12. The fraction of sp³-hybridized carbons (Fsp3) is 0.417. The van der Waals surface area contributed by atoms with Crippen LogP contribution in [0.3, 0.4) is 0 Å². The van der Waals surface area contributed by atoms with Crippen molar-refractivity contribution in [3.8, 4) is 0 Å². The molecule has 0 fully saturated rings. The molecule has 0 radical (unpaired) electrons. The van der Waals surface area contributed by atoms with Crippen molar-refractivity contribution in [2.24, 2.45) is 0 Å². The maximum absolute atomic E-state index is 13.4. The van der Waals surface area contributed by atoms with Crippen LogP contribution in [-0.4, -0.2) is 36.8 Å². The van der Waals surface area contributed by atoms with Gasteiger partial charge in [0.1, 0.15) is 0 Å². The molecule has 2 aromatic carbocycles. The zero-order valence-corrected chi connectivity index (χ0v) is 20.7. The summed E-state index contributed by atoms with van der Waals surface area (Å²) in [6.45, 7) is 2.75. The number of alkyl halides is 6. The van der Waals surface area contributed by atoms with Crippen molar-refractivity contribution in [2.75, 3.05) is 18.6 Å². The van der Waals surface area contributed by atoms with Crippen LogP contribution in [0.2, 0.25) is 5.02 Å². The Hall–Kier alpha value is -3.15. The second-order valence-electron chi connectivity index (χ2n) is 8.38. The molecule has 0 saturated carbocycles.